The molecule has 134 valence electrons. The van der Waals surface area contributed by atoms with Gasteiger partial charge in [0.1, 0.15) is 11.4 Å². The standard InChI is InChI=1S/C16H15F3N2O4/c1-9(15(23)10-2-5-12(22)6-3-10)20-13-7-4-11(16(17,18)19)8-14(13)21(24)25/h2-9,15,20,22-23H,1H3/t9-,15+/m1/s1. The van der Waals surface area contributed by atoms with Crippen LogP contribution in [0.3, 0.4) is 0 Å². The fourth-order valence-corrected chi connectivity index (χ4v) is 2.27. The molecule has 25 heavy (non-hydrogen) atoms. The average Bonchev–Trinajstić information content (AvgIpc) is 2.54. The summed E-state index contributed by atoms with van der Waals surface area (Å²) in [5, 5.41) is 33.2. The highest BCUT2D eigenvalue weighted by molar-refractivity contribution is 5.63. The molecule has 0 unspecified atom stereocenters. The summed E-state index contributed by atoms with van der Waals surface area (Å²) < 4.78 is 38.1. The zero-order valence-corrected chi connectivity index (χ0v) is 13.0. The topological polar surface area (TPSA) is 95.6 Å². The molecule has 0 spiro atoms. The molecule has 0 saturated heterocycles. The SMILES string of the molecule is C[C@@H](Nc1ccc(C(F)(F)F)cc1[N+](=O)[O-])[C@H](O)c1ccc(O)cc1. The number of alkyl halides is 3. The quantitative estimate of drug-likeness (QED) is 0.559. The van der Waals surface area contributed by atoms with Gasteiger partial charge in [-0.3, -0.25) is 10.1 Å². The van der Waals surface area contributed by atoms with E-state index in [1.165, 1.54) is 31.2 Å². The molecule has 9 heteroatoms. The predicted molar refractivity (Wildman–Crippen MR) is 84.2 cm³/mol. The van der Waals surface area contributed by atoms with E-state index in [1.54, 1.807) is 0 Å². The molecule has 0 aromatic heterocycles. The number of nitro benzene ring substituents is 1. The molecule has 2 rings (SSSR count). The summed E-state index contributed by atoms with van der Waals surface area (Å²) >= 11 is 0. The van der Waals surface area contributed by atoms with E-state index in [2.05, 4.69) is 5.32 Å². The molecule has 0 heterocycles. The number of hydrogen-bond donors (Lipinski definition) is 3. The first-order chi connectivity index (χ1) is 11.6. The summed E-state index contributed by atoms with van der Waals surface area (Å²) in [4.78, 5) is 10.1. The van der Waals surface area contributed by atoms with Crippen LogP contribution < -0.4 is 5.32 Å². The number of phenols is 1. The van der Waals surface area contributed by atoms with Crippen LogP contribution in [0.4, 0.5) is 24.5 Å². The fraction of sp³-hybridized carbons (Fsp3) is 0.250. The van der Waals surface area contributed by atoms with E-state index in [0.717, 1.165) is 12.1 Å². The Balaban J connectivity index is 2.26. The Morgan fingerprint density at radius 2 is 1.76 bits per heavy atom. The maximum Gasteiger partial charge on any atom is 0.416 e. The van der Waals surface area contributed by atoms with E-state index >= 15 is 0 Å². The second-order valence-corrected chi connectivity index (χ2v) is 5.46. The van der Waals surface area contributed by atoms with Crippen molar-refractivity contribution in [3.8, 4) is 5.75 Å². The molecule has 0 bridgehead atoms. The summed E-state index contributed by atoms with van der Waals surface area (Å²) in [6, 6.07) is 7.08. The summed E-state index contributed by atoms with van der Waals surface area (Å²) in [5.41, 5.74) is -1.56. The van der Waals surface area contributed by atoms with E-state index in [-0.39, 0.29) is 11.4 Å². The van der Waals surface area contributed by atoms with Crippen molar-refractivity contribution in [3.05, 3.63) is 63.7 Å². The van der Waals surface area contributed by atoms with Crippen LogP contribution in [0.1, 0.15) is 24.2 Å². The number of aliphatic hydroxyl groups is 1. The molecule has 0 aliphatic carbocycles. The van der Waals surface area contributed by atoms with Gasteiger partial charge < -0.3 is 15.5 Å². The second-order valence-electron chi connectivity index (χ2n) is 5.46. The number of aromatic hydroxyl groups is 1. The van der Waals surface area contributed by atoms with Gasteiger partial charge in [-0.2, -0.15) is 13.2 Å². The number of nitrogens with zero attached hydrogens (tertiary/aromatic N) is 1. The molecule has 2 aromatic carbocycles. The number of rotatable bonds is 5. The minimum atomic E-state index is -4.69. The third-order valence-electron chi connectivity index (χ3n) is 3.61. The van der Waals surface area contributed by atoms with Crippen molar-refractivity contribution in [2.75, 3.05) is 5.32 Å². The van der Waals surface area contributed by atoms with Gasteiger partial charge in [0.05, 0.1) is 22.6 Å². The van der Waals surface area contributed by atoms with Gasteiger partial charge in [0, 0.05) is 6.07 Å². The summed E-state index contributed by atoms with van der Waals surface area (Å²) in [5.74, 6) is 0.00920. The molecule has 0 aliphatic rings. The van der Waals surface area contributed by atoms with Crippen LogP contribution >= 0.6 is 0 Å². The Morgan fingerprint density at radius 3 is 2.28 bits per heavy atom. The van der Waals surface area contributed by atoms with E-state index < -0.39 is 34.5 Å². The van der Waals surface area contributed by atoms with Gasteiger partial charge in [0.25, 0.3) is 5.69 Å². The molecule has 0 fully saturated rings. The lowest BCUT2D eigenvalue weighted by molar-refractivity contribution is -0.384. The number of aliphatic hydroxyl groups excluding tert-OH is 1. The average molecular weight is 356 g/mol. The van der Waals surface area contributed by atoms with Gasteiger partial charge >= 0.3 is 6.18 Å². The van der Waals surface area contributed by atoms with E-state index in [0.29, 0.717) is 11.6 Å². The van der Waals surface area contributed by atoms with Gasteiger partial charge in [0.2, 0.25) is 0 Å². The lowest BCUT2D eigenvalue weighted by Gasteiger charge is -2.22. The Bertz CT molecular complexity index is 763. The van der Waals surface area contributed by atoms with Gasteiger partial charge in [0.15, 0.2) is 0 Å². The molecule has 3 N–H and O–H groups in total. The van der Waals surface area contributed by atoms with Gasteiger partial charge in [-0.15, -0.1) is 0 Å². The van der Waals surface area contributed by atoms with Crippen LogP contribution in [0.25, 0.3) is 0 Å². The lowest BCUT2D eigenvalue weighted by Crippen LogP contribution is -2.24. The van der Waals surface area contributed by atoms with Crippen LogP contribution in [0.2, 0.25) is 0 Å². The van der Waals surface area contributed by atoms with Crippen molar-refractivity contribution in [3.63, 3.8) is 0 Å². The van der Waals surface area contributed by atoms with Crippen LogP contribution in [0, 0.1) is 10.1 Å². The zero-order valence-electron chi connectivity index (χ0n) is 13.0. The van der Waals surface area contributed by atoms with Gasteiger partial charge in [-0.1, -0.05) is 12.1 Å². The van der Waals surface area contributed by atoms with Crippen LogP contribution in [-0.2, 0) is 6.18 Å². The molecule has 6 nitrogen and oxygen atoms in total. The van der Waals surface area contributed by atoms with Crippen molar-refractivity contribution in [1.82, 2.24) is 0 Å². The molecule has 0 saturated carbocycles. The van der Waals surface area contributed by atoms with Crippen molar-refractivity contribution >= 4 is 11.4 Å². The van der Waals surface area contributed by atoms with Gasteiger partial charge in [-0.25, -0.2) is 0 Å². The molecular formula is C16H15F3N2O4. The highest BCUT2D eigenvalue weighted by Gasteiger charge is 2.33. The Kier molecular flexibility index (Phi) is 5.17. The van der Waals surface area contributed by atoms with E-state index in [4.69, 9.17) is 0 Å². The first-order valence-electron chi connectivity index (χ1n) is 7.18. The summed E-state index contributed by atoms with van der Waals surface area (Å²) in [7, 11) is 0. The van der Waals surface area contributed by atoms with Crippen LogP contribution in [0.5, 0.6) is 5.75 Å². The Labute approximate surface area is 140 Å². The highest BCUT2D eigenvalue weighted by Crippen LogP contribution is 2.35. The number of nitro groups is 1. The maximum atomic E-state index is 12.7. The van der Waals surface area contributed by atoms with Crippen molar-refractivity contribution in [2.24, 2.45) is 0 Å². The smallest absolute Gasteiger partial charge is 0.416 e. The van der Waals surface area contributed by atoms with Crippen LogP contribution in [0.15, 0.2) is 42.5 Å². The molecular weight excluding hydrogens is 341 g/mol. The monoisotopic (exact) mass is 356 g/mol. The molecule has 0 amide bonds. The number of nitrogens with one attached hydrogen (secondary N) is 1. The number of hydrogen-bond acceptors (Lipinski definition) is 5. The Hall–Kier alpha value is -2.81. The predicted octanol–water partition coefficient (Wildman–Crippen LogP) is 3.85. The molecule has 2 aromatic rings. The van der Waals surface area contributed by atoms with Crippen molar-refractivity contribution in [1.29, 1.82) is 0 Å². The first-order valence-corrected chi connectivity index (χ1v) is 7.18. The van der Waals surface area contributed by atoms with E-state index in [1.807, 2.05) is 0 Å². The first kappa shape index (κ1) is 18.5. The van der Waals surface area contributed by atoms with Crippen molar-refractivity contribution < 1.29 is 28.3 Å². The van der Waals surface area contributed by atoms with E-state index in [9.17, 15) is 33.5 Å². The zero-order chi connectivity index (χ0) is 18.8. The molecule has 0 aliphatic heterocycles. The number of phenolic OH excluding ortho intramolecular Hbond substituents is 1. The largest absolute Gasteiger partial charge is 0.508 e. The minimum absolute atomic E-state index is 0.00920. The minimum Gasteiger partial charge on any atom is -0.508 e. The highest BCUT2D eigenvalue weighted by atomic mass is 19.4. The fourth-order valence-electron chi connectivity index (χ4n) is 2.27. The number of halogens is 3. The van der Waals surface area contributed by atoms with Gasteiger partial charge in [-0.05, 0) is 36.8 Å². The normalized spacial score (nSPS) is 14.0. The molecule has 2 atom stereocenters. The maximum absolute atomic E-state index is 12.7. The van der Waals surface area contributed by atoms with Crippen molar-refractivity contribution in [2.45, 2.75) is 25.2 Å². The third kappa shape index (κ3) is 4.38. The number of benzene rings is 2. The molecule has 0 radical (unpaired) electrons. The third-order valence-corrected chi connectivity index (χ3v) is 3.61. The number of anilines is 1. The lowest BCUT2D eigenvalue weighted by atomic mass is 10.0. The second kappa shape index (κ2) is 6.98. The summed E-state index contributed by atoms with van der Waals surface area (Å²) in [6.45, 7) is 1.53. The Morgan fingerprint density at radius 1 is 1.16 bits per heavy atom. The summed E-state index contributed by atoms with van der Waals surface area (Å²) in [6.07, 6.45) is -5.79. The van der Waals surface area contributed by atoms with Crippen LogP contribution in [-0.4, -0.2) is 21.2 Å².